The highest BCUT2D eigenvalue weighted by Gasteiger charge is 2.33. The molecule has 0 heterocycles. The molecule has 0 aromatic heterocycles. The van der Waals surface area contributed by atoms with Crippen LogP contribution in [0.3, 0.4) is 0 Å². The topological polar surface area (TPSA) is 35.5 Å². The molecule has 0 bridgehead atoms. The van der Waals surface area contributed by atoms with Gasteiger partial charge in [0.05, 0.1) is 5.60 Å². The average Bonchev–Trinajstić information content (AvgIpc) is 2.39. The van der Waals surface area contributed by atoms with E-state index in [0.29, 0.717) is 12.6 Å². The zero-order chi connectivity index (χ0) is 13.9. The smallest absolute Gasteiger partial charge is 0.0773 e. The lowest BCUT2D eigenvalue weighted by Gasteiger charge is -2.40. The van der Waals surface area contributed by atoms with Crippen molar-refractivity contribution in [3.8, 4) is 0 Å². The number of hydrogen-bond acceptors (Lipinski definition) is 3. The number of hydrogen-bond donors (Lipinski definition) is 2. The fraction of sp³-hybridized carbons (Fsp3) is 0.625. The fourth-order valence-corrected chi connectivity index (χ4v) is 3.09. The summed E-state index contributed by atoms with van der Waals surface area (Å²) in [5.74, 6) is 0. The number of likely N-dealkylation sites (N-methyl/N-ethyl adjacent to an activating group) is 1. The van der Waals surface area contributed by atoms with E-state index >= 15 is 0 Å². The summed E-state index contributed by atoms with van der Waals surface area (Å²) >= 11 is 0. The van der Waals surface area contributed by atoms with Gasteiger partial charge in [0.15, 0.2) is 0 Å². The summed E-state index contributed by atoms with van der Waals surface area (Å²) in [4.78, 5) is 2.37. The molecule has 0 amide bonds. The Kier molecular flexibility index (Phi) is 4.48. The highest BCUT2D eigenvalue weighted by molar-refractivity contribution is 5.48. The molecule has 0 saturated heterocycles. The minimum Gasteiger partial charge on any atom is -0.389 e. The van der Waals surface area contributed by atoms with Gasteiger partial charge in [0.2, 0.25) is 0 Å². The maximum Gasteiger partial charge on any atom is 0.0773 e. The maximum atomic E-state index is 10.4. The Morgan fingerprint density at radius 2 is 2.05 bits per heavy atom. The first-order valence-electron chi connectivity index (χ1n) is 7.20. The van der Waals surface area contributed by atoms with Crippen LogP contribution in [0.5, 0.6) is 0 Å². The lowest BCUT2D eigenvalue weighted by atomic mass is 9.81. The first-order valence-corrected chi connectivity index (χ1v) is 7.20. The van der Waals surface area contributed by atoms with E-state index in [9.17, 15) is 5.11 Å². The molecule has 19 heavy (non-hydrogen) atoms. The van der Waals surface area contributed by atoms with Crippen LogP contribution >= 0.6 is 0 Å². The largest absolute Gasteiger partial charge is 0.389 e. The van der Waals surface area contributed by atoms with Crippen LogP contribution in [0.4, 0.5) is 5.69 Å². The Morgan fingerprint density at radius 3 is 2.63 bits per heavy atom. The second-order valence-corrected chi connectivity index (χ2v) is 5.94. The highest BCUT2D eigenvalue weighted by atomic mass is 16.3. The fourth-order valence-electron chi connectivity index (χ4n) is 3.09. The summed E-state index contributed by atoms with van der Waals surface area (Å²) in [5, 5.41) is 13.5. The van der Waals surface area contributed by atoms with Crippen molar-refractivity contribution >= 4 is 5.69 Å². The molecule has 2 N–H and O–H groups in total. The van der Waals surface area contributed by atoms with E-state index < -0.39 is 5.60 Å². The average molecular weight is 262 g/mol. The lowest BCUT2D eigenvalue weighted by Crippen LogP contribution is -2.47. The van der Waals surface area contributed by atoms with Gasteiger partial charge < -0.3 is 15.3 Å². The molecule has 1 aromatic rings. The third kappa shape index (κ3) is 3.48. The first-order chi connectivity index (χ1) is 9.04. The minimum absolute atomic E-state index is 0.501. The monoisotopic (exact) mass is 262 g/mol. The van der Waals surface area contributed by atoms with E-state index in [0.717, 1.165) is 25.7 Å². The van der Waals surface area contributed by atoms with Gasteiger partial charge >= 0.3 is 0 Å². The van der Waals surface area contributed by atoms with Gasteiger partial charge in [-0.05, 0) is 57.4 Å². The molecule has 0 spiro atoms. The van der Waals surface area contributed by atoms with Gasteiger partial charge in [0, 0.05) is 25.3 Å². The molecule has 1 saturated carbocycles. The molecule has 0 atom stereocenters. The minimum atomic E-state index is -0.501. The van der Waals surface area contributed by atoms with Gasteiger partial charge in [-0.2, -0.15) is 0 Å². The number of aryl methyl sites for hydroxylation is 1. The summed E-state index contributed by atoms with van der Waals surface area (Å²) in [6.45, 7) is 2.83. The van der Waals surface area contributed by atoms with Crippen molar-refractivity contribution in [2.24, 2.45) is 0 Å². The van der Waals surface area contributed by atoms with Crippen LogP contribution in [0, 0.1) is 6.92 Å². The van der Waals surface area contributed by atoms with Gasteiger partial charge in [-0.1, -0.05) is 12.1 Å². The van der Waals surface area contributed by atoms with Crippen molar-refractivity contribution in [1.82, 2.24) is 5.32 Å². The van der Waals surface area contributed by atoms with Gasteiger partial charge in [-0.15, -0.1) is 0 Å². The van der Waals surface area contributed by atoms with E-state index in [-0.39, 0.29) is 0 Å². The molecule has 0 aliphatic heterocycles. The summed E-state index contributed by atoms with van der Waals surface area (Å²) in [5.41, 5.74) is 2.08. The molecule has 106 valence electrons. The SMILES string of the molecule is CNCC1(O)CCC(N(C)c2cccc(C)c2)CC1. The second kappa shape index (κ2) is 5.93. The van der Waals surface area contributed by atoms with E-state index in [1.165, 1.54) is 11.3 Å². The molecule has 0 radical (unpaired) electrons. The number of nitrogens with one attached hydrogen (secondary N) is 1. The first kappa shape index (κ1) is 14.4. The quantitative estimate of drug-likeness (QED) is 0.874. The molecule has 1 aromatic carbocycles. The third-order valence-corrected chi connectivity index (χ3v) is 4.35. The molecular formula is C16H26N2O. The Hall–Kier alpha value is -1.06. The lowest BCUT2D eigenvalue weighted by molar-refractivity contribution is 0.00199. The summed E-state index contributed by atoms with van der Waals surface area (Å²) in [6, 6.07) is 9.18. The van der Waals surface area contributed by atoms with E-state index in [1.807, 2.05) is 7.05 Å². The van der Waals surface area contributed by atoms with Crippen molar-refractivity contribution in [3.63, 3.8) is 0 Å². The zero-order valence-electron chi connectivity index (χ0n) is 12.3. The van der Waals surface area contributed by atoms with Crippen LogP contribution in [-0.4, -0.2) is 37.4 Å². The molecular weight excluding hydrogens is 236 g/mol. The predicted octanol–water partition coefficient (Wildman–Crippen LogP) is 2.32. The van der Waals surface area contributed by atoms with Crippen molar-refractivity contribution in [2.75, 3.05) is 25.5 Å². The van der Waals surface area contributed by atoms with Gasteiger partial charge in [0.25, 0.3) is 0 Å². The van der Waals surface area contributed by atoms with Crippen LogP contribution < -0.4 is 10.2 Å². The van der Waals surface area contributed by atoms with Crippen LogP contribution in [-0.2, 0) is 0 Å². The van der Waals surface area contributed by atoms with Crippen LogP contribution in [0.2, 0.25) is 0 Å². The molecule has 3 nitrogen and oxygen atoms in total. The highest BCUT2D eigenvalue weighted by Crippen LogP contribution is 2.32. The predicted molar refractivity (Wildman–Crippen MR) is 80.7 cm³/mol. The summed E-state index contributed by atoms with van der Waals surface area (Å²) in [7, 11) is 4.07. The van der Waals surface area contributed by atoms with E-state index in [4.69, 9.17) is 0 Å². The van der Waals surface area contributed by atoms with Crippen LogP contribution in [0.15, 0.2) is 24.3 Å². The van der Waals surface area contributed by atoms with Gasteiger partial charge in [-0.25, -0.2) is 0 Å². The summed E-state index contributed by atoms with van der Waals surface area (Å²) in [6.07, 6.45) is 3.88. The summed E-state index contributed by atoms with van der Waals surface area (Å²) < 4.78 is 0. The molecule has 0 unspecified atom stereocenters. The maximum absolute atomic E-state index is 10.4. The normalized spacial score (nSPS) is 27.3. The van der Waals surface area contributed by atoms with Gasteiger partial charge in [-0.3, -0.25) is 0 Å². The van der Waals surface area contributed by atoms with Crippen LogP contribution in [0.25, 0.3) is 0 Å². The standard InChI is InChI=1S/C16H26N2O/c1-13-5-4-6-15(11-13)18(3)14-7-9-16(19,10-8-14)12-17-2/h4-6,11,14,17,19H,7-10,12H2,1-3H3. The van der Waals surface area contributed by atoms with Crippen molar-refractivity contribution in [2.45, 2.75) is 44.2 Å². The second-order valence-electron chi connectivity index (χ2n) is 5.94. The number of nitrogens with zero attached hydrogens (tertiary/aromatic N) is 1. The van der Waals surface area contributed by atoms with E-state index in [1.54, 1.807) is 0 Å². The number of aliphatic hydroxyl groups is 1. The molecule has 1 fully saturated rings. The zero-order valence-corrected chi connectivity index (χ0v) is 12.3. The number of benzene rings is 1. The number of rotatable bonds is 4. The Morgan fingerprint density at radius 1 is 1.37 bits per heavy atom. The Balaban J connectivity index is 1.98. The van der Waals surface area contributed by atoms with Crippen molar-refractivity contribution in [3.05, 3.63) is 29.8 Å². The number of anilines is 1. The van der Waals surface area contributed by atoms with Gasteiger partial charge in [0.1, 0.15) is 0 Å². The Labute approximate surface area is 116 Å². The molecule has 1 aliphatic rings. The van der Waals surface area contributed by atoms with Crippen LogP contribution in [0.1, 0.15) is 31.2 Å². The molecule has 2 rings (SSSR count). The van der Waals surface area contributed by atoms with Crippen molar-refractivity contribution < 1.29 is 5.11 Å². The third-order valence-electron chi connectivity index (χ3n) is 4.35. The van der Waals surface area contributed by atoms with Crippen molar-refractivity contribution in [1.29, 1.82) is 0 Å². The molecule has 3 heteroatoms. The van der Waals surface area contributed by atoms with E-state index in [2.05, 4.69) is 48.5 Å². The Bertz CT molecular complexity index is 411. The molecule has 1 aliphatic carbocycles.